The van der Waals surface area contributed by atoms with E-state index < -0.39 is 0 Å². The normalized spacial score (nSPS) is 10.3. The van der Waals surface area contributed by atoms with E-state index in [-0.39, 0.29) is 12.5 Å². The zero-order valence-electron chi connectivity index (χ0n) is 15.1. The van der Waals surface area contributed by atoms with Gasteiger partial charge in [-0.25, -0.2) is 0 Å². The lowest BCUT2D eigenvalue weighted by Crippen LogP contribution is -2.29. The Morgan fingerprint density at radius 3 is 2.48 bits per heavy atom. The summed E-state index contributed by atoms with van der Waals surface area (Å²) in [5.74, 6) is 1.55. The number of hydrogen-bond acceptors (Lipinski definition) is 3. The van der Waals surface area contributed by atoms with Gasteiger partial charge in [-0.2, -0.15) is 0 Å². The second-order valence-corrected chi connectivity index (χ2v) is 5.78. The van der Waals surface area contributed by atoms with Gasteiger partial charge in [0.25, 0.3) is 5.91 Å². The average molecular weight is 341 g/mol. The summed E-state index contributed by atoms with van der Waals surface area (Å²) < 4.78 is 11.1. The summed E-state index contributed by atoms with van der Waals surface area (Å²) in [5.41, 5.74) is 2.43. The van der Waals surface area contributed by atoms with Crippen LogP contribution < -0.4 is 14.8 Å². The van der Waals surface area contributed by atoms with E-state index in [0.717, 1.165) is 30.8 Å². The van der Waals surface area contributed by atoms with Crippen LogP contribution in [0.25, 0.3) is 0 Å². The molecule has 0 aliphatic carbocycles. The van der Waals surface area contributed by atoms with Crippen molar-refractivity contribution in [3.8, 4) is 11.5 Å². The minimum atomic E-state index is -0.0994. The van der Waals surface area contributed by atoms with Crippen molar-refractivity contribution in [1.82, 2.24) is 5.32 Å². The first-order chi connectivity index (χ1) is 12.2. The smallest absolute Gasteiger partial charge is 0.257 e. The molecule has 2 rings (SSSR count). The maximum Gasteiger partial charge on any atom is 0.257 e. The fourth-order valence-electron chi connectivity index (χ4n) is 2.53. The highest BCUT2D eigenvalue weighted by Gasteiger charge is 2.05. The summed E-state index contributed by atoms with van der Waals surface area (Å²) in [4.78, 5) is 11.9. The lowest BCUT2D eigenvalue weighted by molar-refractivity contribution is -0.123. The van der Waals surface area contributed by atoms with Crippen LogP contribution in [0.15, 0.2) is 48.5 Å². The summed E-state index contributed by atoms with van der Waals surface area (Å²) in [5, 5.41) is 2.89. The lowest BCUT2D eigenvalue weighted by Gasteiger charge is -2.10. The highest BCUT2D eigenvalue weighted by molar-refractivity contribution is 5.77. The van der Waals surface area contributed by atoms with Crippen LogP contribution in [-0.4, -0.2) is 25.7 Å². The Morgan fingerprint density at radius 1 is 1.00 bits per heavy atom. The van der Waals surface area contributed by atoms with Gasteiger partial charge in [-0.3, -0.25) is 4.79 Å². The van der Waals surface area contributed by atoms with Crippen molar-refractivity contribution in [2.75, 3.05) is 19.8 Å². The molecule has 0 aliphatic rings. The summed E-state index contributed by atoms with van der Waals surface area (Å²) in [7, 11) is 0. The number of hydrogen-bond donors (Lipinski definition) is 1. The third-order valence-corrected chi connectivity index (χ3v) is 3.92. The van der Waals surface area contributed by atoms with Crippen LogP contribution in [0.2, 0.25) is 0 Å². The molecule has 25 heavy (non-hydrogen) atoms. The van der Waals surface area contributed by atoms with Crippen molar-refractivity contribution in [2.45, 2.75) is 33.1 Å². The van der Waals surface area contributed by atoms with Gasteiger partial charge in [-0.05, 0) is 55.5 Å². The van der Waals surface area contributed by atoms with Gasteiger partial charge in [0.2, 0.25) is 0 Å². The summed E-state index contributed by atoms with van der Waals surface area (Å²) in [6, 6.07) is 15.9. The van der Waals surface area contributed by atoms with Gasteiger partial charge in [-0.15, -0.1) is 0 Å². The van der Waals surface area contributed by atoms with Crippen molar-refractivity contribution in [3.05, 3.63) is 59.7 Å². The molecular weight excluding hydrogens is 314 g/mol. The second-order valence-electron chi connectivity index (χ2n) is 5.78. The highest BCUT2D eigenvalue weighted by Crippen LogP contribution is 2.19. The number of carbonyl (C=O) groups is 1. The summed E-state index contributed by atoms with van der Waals surface area (Å²) in [6.45, 7) is 5.41. The molecule has 0 aliphatic heterocycles. The molecule has 2 aromatic rings. The van der Waals surface area contributed by atoms with Crippen LogP contribution >= 0.6 is 0 Å². The molecule has 4 nitrogen and oxygen atoms in total. The Kier molecular flexibility index (Phi) is 7.83. The van der Waals surface area contributed by atoms with E-state index in [1.807, 2.05) is 49.4 Å². The van der Waals surface area contributed by atoms with Crippen LogP contribution in [0, 0.1) is 0 Å². The summed E-state index contributed by atoms with van der Waals surface area (Å²) in [6.07, 6.45) is 2.73. The Bertz CT molecular complexity index is 652. The molecule has 134 valence electrons. The molecule has 0 bridgehead atoms. The van der Waals surface area contributed by atoms with Crippen LogP contribution in [0.3, 0.4) is 0 Å². The summed E-state index contributed by atoms with van der Waals surface area (Å²) >= 11 is 0. The maximum absolute atomic E-state index is 11.9. The van der Waals surface area contributed by atoms with E-state index in [4.69, 9.17) is 9.47 Å². The molecule has 0 fully saturated rings. The van der Waals surface area contributed by atoms with Gasteiger partial charge in [-0.1, -0.05) is 37.3 Å². The molecule has 0 spiro atoms. The Hall–Kier alpha value is -2.49. The Morgan fingerprint density at radius 2 is 1.76 bits per heavy atom. The first-order valence-corrected chi connectivity index (χ1v) is 8.92. The molecule has 0 saturated carbocycles. The fourth-order valence-corrected chi connectivity index (χ4v) is 2.53. The Labute approximate surface area is 150 Å². The molecule has 0 aromatic heterocycles. The molecule has 1 N–H and O–H groups in total. The number of para-hydroxylation sites is 1. The van der Waals surface area contributed by atoms with Crippen LogP contribution in [0.5, 0.6) is 11.5 Å². The van der Waals surface area contributed by atoms with Gasteiger partial charge >= 0.3 is 0 Å². The third-order valence-electron chi connectivity index (χ3n) is 3.92. The molecule has 0 radical (unpaired) electrons. The second kappa shape index (κ2) is 10.4. The first kappa shape index (κ1) is 18.8. The molecule has 0 saturated heterocycles. The van der Waals surface area contributed by atoms with Crippen molar-refractivity contribution >= 4 is 5.91 Å². The van der Waals surface area contributed by atoms with E-state index in [1.54, 1.807) is 0 Å². The maximum atomic E-state index is 11.9. The number of benzene rings is 2. The number of amides is 1. The minimum Gasteiger partial charge on any atom is -0.494 e. The van der Waals surface area contributed by atoms with Gasteiger partial charge < -0.3 is 14.8 Å². The number of aryl methyl sites for hydroxylation is 2. The van der Waals surface area contributed by atoms with Crippen molar-refractivity contribution < 1.29 is 14.3 Å². The van der Waals surface area contributed by atoms with E-state index >= 15 is 0 Å². The molecule has 0 unspecified atom stereocenters. The zero-order chi connectivity index (χ0) is 17.9. The largest absolute Gasteiger partial charge is 0.494 e. The number of ether oxygens (including phenoxy) is 2. The molecule has 1 amide bonds. The molecule has 4 heteroatoms. The zero-order valence-corrected chi connectivity index (χ0v) is 15.1. The van der Waals surface area contributed by atoms with Crippen LogP contribution in [0.1, 0.15) is 31.4 Å². The fraction of sp³-hybridized carbons (Fsp3) is 0.381. The van der Waals surface area contributed by atoms with E-state index in [1.165, 1.54) is 11.1 Å². The number of nitrogens with one attached hydrogen (secondary N) is 1. The molecule has 0 atom stereocenters. The quantitative estimate of drug-likeness (QED) is 0.669. The third kappa shape index (κ3) is 6.49. The molecular formula is C21H27NO3. The minimum absolute atomic E-state index is 0.0427. The monoisotopic (exact) mass is 341 g/mol. The first-order valence-electron chi connectivity index (χ1n) is 8.92. The van der Waals surface area contributed by atoms with Gasteiger partial charge in [0, 0.05) is 6.54 Å². The predicted molar refractivity (Wildman–Crippen MR) is 100 cm³/mol. The number of carbonyl (C=O) groups excluding carboxylic acids is 1. The van der Waals surface area contributed by atoms with Crippen molar-refractivity contribution in [2.24, 2.45) is 0 Å². The standard InChI is InChI=1S/C21H27NO3/c1-3-17-11-13-19(14-12-17)25-16-21(23)22-15-7-9-18-8-5-6-10-20(18)24-4-2/h5-6,8,10-14H,3-4,7,9,15-16H2,1-2H3,(H,22,23). The van der Waals surface area contributed by atoms with Gasteiger partial charge in [0.15, 0.2) is 6.61 Å². The highest BCUT2D eigenvalue weighted by atomic mass is 16.5. The lowest BCUT2D eigenvalue weighted by atomic mass is 10.1. The SMILES string of the molecule is CCOc1ccccc1CCCNC(=O)COc1ccc(CC)cc1. The van der Waals surface area contributed by atoms with Gasteiger partial charge in [0.05, 0.1) is 6.61 Å². The van der Waals surface area contributed by atoms with Gasteiger partial charge in [0.1, 0.15) is 11.5 Å². The van der Waals surface area contributed by atoms with E-state index in [2.05, 4.69) is 18.3 Å². The van der Waals surface area contributed by atoms with E-state index in [9.17, 15) is 4.79 Å². The van der Waals surface area contributed by atoms with Crippen LogP contribution in [0.4, 0.5) is 0 Å². The van der Waals surface area contributed by atoms with Crippen molar-refractivity contribution in [3.63, 3.8) is 0 Å². The van der Waals surface area contributed by atoms with E-state index in [0.29, 0.717) is 13.2 Å². The molecule has 0 heterocycles. The molecule has 2 aromatic carbocycles. The number of rotatable bonds is 10. The predicted octanol–water partition coefficient (Wildman–Crippen LogP) is 3.78. The topological polar surface area (TPSA) is 47.6 Å². The average Bonchev–Trinajstić information content (AvgIpc) is 2.65. The van der Waals surface area contributed by atoms with Crippen molar-refractivity contribution in [1.29, 1.82) is 0 Å². The van der Waals surface area contributed by atoms with Crippen LogP contribution in [-0.2, 0) is 17.6 Å². The Balaban J connectivity index is 1.66.